The quantitative estimate of drug-likeness (QED) is 0.747. The lowest BCUT2D eigenvalue weighted by molar-refractivity contribution is -0.142. The first kappa shape index (κ1) is 13.7. The maximum absolute atomic E-state index is 10.9. The van der Waals surface area contributed by atoms with Crippen molar-refractivity contribution >= 4 is 18.4 Å². The van der Waals surface area contributed by atoms with Crippen molar-refractivity contribution in [2.75, 3.05) is 13.1 Å². The average Bonchev–Trinajstić information content (AvgIpc) is 2.31. The van der Waals surface area contributed by atoms with E-state index in [2.05, 4.69) is 26.1 Å². The Bertz CT molecular complexity index is 201. The van der Waals surface area contributed by atoms with Gasteiger partial charge in [-0.25, -0.2) is 0 Å². The summed E-state index contributed by atoms with van der Waals surface area (Å²) in [5, 5.41) is 12.1. The van der Waals surface area contributed by atoms with Gasteiger partial charge in [0.15, 0.2) is 0 Å². The maximum atomic E-state index is 10.9. The number of hydrogen-bond acceptors (Lipinski definition) is 2. The molecule has 0 aliphatic carbocycles. The summed E-state index contributed by atoms with van der Waals surface area (Å²) in [5.74, 6) is -0.532. The molecule has 0 radical (unpaired) electrons. The third-order valence-electron chi connectivity index (χ3n) is 2.53. The molecule has 0 amide bonds. The van der Waals surface area contributed by atoms with Gasteiger partial charge in [-0.05, 0) is 24.3 Å². The highest BCUT2D eigenvalue weighted by Crippen LogP contribution is 2.30. The second-order valence-electron chi connectivity index (χ2n) is 5.13. The Hall–Kier alpha value is -0.280. The highest BCUT2D eigenvalue weighted by atomic mass is 35.5. The zero-order valence-electron chi connectivity index (χ0n) is 9.04. The van der Waals surface area contributed by atoms with E-state index in [1.165, 1.54) is 0 Å². The summed E-state index contributed by atoms with van der Waals surface area (Å²) < 4.78 is 0. The Morgan fingerprint density at radius 1 is 1.43 bits per heavy atom. The van der Waals surface area contributed by atoms with Crippen LogP contribution in [-0.4, -0.2) is 24.2 Å². The van der Waals surface area contributed by atoms with Gasteiger partial charge in [0.05, 0.1) is 5.92 Å². The van der Waals surface area contributed by atoms with E-state index >= 15 is 0 Å². The second-order valence-corrected chi connectivity index (χ2v) is 5.13. The van der Waals surface area contributed by atoms with Gasteiger partial charge in [-0.2, -0.15) is 0 Å². The van der Waals surface area contributed by atoms with Crippen molar-refractivity contribution in [3.05, 3.63) is 0 Å². The van der Waals surface area contributed by atoms with Crippen LogP contribution in [0.25, 0.3) is 0 Å². The van der Waals surface area contributed by atoms with E-state index in [9.17, 15) is 4.79 Å². The van der Waals surface area contributed by atoms with Crippen LogP contribution in [0, 0.1) is 17.3 Å². The van der Waals surface area contributed by atoms with Gasteiger partial charge in [0.1, 0.15) is 0 Å². The van der Waals surface area contributed by atoms with Crippen molar-refractivity contribution in [1.29, 1.82) is 0 Å². The molecule has 1 rings (SSSR count). The van der Waals surface area contributed by atoms with E-state index < -0.39 is 5.97 Å². The summed E-state index contributed by atoms with van der Waals surface area (Å²) in [6, 6.07) is 0. The van der Waals surface area contributed by atoms with Crippen molar-refractivity contribution < 1.29 is 9.90 Å². The number of nitrogens with one attached hydrogen (secondary N) is 1. The molecule has 1 aliphatic heterocycles. The Balaban J connectivity index is 0.00000169. The van der Waals surface area contributed by atoms with E-state index in [4.69, 9.17) is 5.11 Å². The summed E-state index contributed by atoms with van der Waals surface area (Å²) in [6.07, 6.45) is 0.983. The minimum atomic E-state index is -0.653. The van der Waals surface area contributed by atoms with Crippen molar-refractivity contribution in [3.8, 4) is 0 Å². The van der Waals surface area contributed by atoms with E-state index in [1.807, 2.05) is 0 Å². The van der Waals surface area contributed by atoms with E-state index in [0.717, 1.165) is 13.0 Å². The van der Waals surface area contributed by atoms with Gasteiger partial charge in [0, 0.05) is 6.54 Å². The molecule has 1 heterocycles. The molecule has 3 nitrogen and oxygen atoms in total. The molecule has 2 N–H and O–H groups in total. The molecule has 84 valence electrons. The fraction of sp³-hybridized carbons (Fsp3) is 0.900. The number of carbonyl (C=O) groups is 1. The molecule has 4 heteroatoms. The Morgan fingerprint density at radius 3 is 2.43 bits per heavy atom. The number of carboxylic acid groups (broad SMARTS) is 1. The van der Waals surface area contributed by atoms with Crippen LogP contribution in [0.1, 0.15) is 27.2 Å². The molecule has 0 aromatic rings. The lowest BCUT2D eigenvalue weighted by atomic mass is 9.80. The van der Waals surface area contributed by atoms with Crippen LogP contribution >= 0.6 is 12.4 Å². The monoisotopic (exact) mass is 221 g/mol. The second kappa shape index (κ2) is 4.99. The molecule has 14 heavy (non-hydrogen) atoms. The molecule has 1 fully saturated rings. The van der Waals surface area contributed by atoms with E-state index in [1.54, 1.807) is 0 Å². The van der Waals surface area contributed by atoms with Gasteiger partial charge in [-0.15, -0.1) is 12.4 Å². The van der Waals surface area contributed by atoms with Gasteiger partial charge in [-0.1, -0.05) is 20.8 Å². The van der Waals surface area contributed by atoms with Crippen molar-refractivity contribution in [3.63, 3.8) is 0 Å². The number of aliphatic carboxylic acids is 1. The number of halogens is 1. The maximum Gasteiger partial charge on any atom is 0.308 e. The number of carboxylic acids is 1. The van der Waals surface area contributed by atoms with Crippen LogP contribution in [0.15, 0.2) is 0 Å². The Morgan fingerprint density at radius 2 is 2.00 bits per heavy atom. The molecular formula is C10H20ClNO2. The molecule has 0 aromatic heterocycles. The van der Waals surface area contributed by atoms with Crippen LogP contribution in [0.2, 0.25) is 0 Å². The van der Waals surface area contributed by atoms with Gasteiger partial charge < -0.3 is 10.4 Å². The van der Waals surface area contributed by atoms with E-state index in [-0.39, 0.29) is 23.7 Å². The van der Waals surface area contributed by atoms with Crippen molar-refractivity contribution in [2.45, 2.75) is 27.2 Å². The minimum Gasteiger partial charge on any atom is -0.481 e. The van der Waals surface area contributed by atoms with Crippen LogP contribution in [0.4, 0.5) is 0 Å². The largest absolute Gasteiger partial charge is 0.481 e. The van der Waals surface area contributed by atoms with Gasteiger partial charge >= 0.3 is 5.97 Å². The number of hydrogen-bond donors (Lipinski definition) is 2. The van der Waals surface area contributed by atoms with Crippen LogP contribution in [-0.2, 0) is 4.79 Å². The zero-order valence-corrected chi connectivity index (χ0v) is 9.86. The summed E-state index contributed by atoms with van der Waals surface area (Å²) >= 11 is 0. The van der Waals surface area contributed by atoms with Gasteiger partial charge in [0.25, 0.3) is 0 Å². The molecule has 0 bridgehead atoms. The first-order valence-electron chi connectivity index (χ1n) is 4.84. The molecule has 1 aliphatic rings. The van der Waals surface area contributed by atoms with Gasteiger partial charge in [0.2, 0.25) is 0 Å². The lowest BCUT2D eigenvalue weighted by Crippen LogP contribution is -2.25. The molecule has 0 aromatic carbocycles. The SMILES string of the molecule is CC(C)(C)CC1CNCC1C(=O)O.Cl. The van der Waals surface area contributed by atoms with Gasteiger partial charge in [-0.3, -0.25) is 4.79 Å². The summed E-state index contributed by atoms with van der Waals surface area (Å²) in [5.41, 5.74) is 0.227. The zero-order chi connectivity index (χ0) is 10.1. The topological polar surface area (TPSA) is 49.3 Å². The Kier molecular flexibility index (Phi) is 4.89. The summed E-state index contributed by atoms with van der Waals surface area (Å²) in [4.78, 5) is 10.9. The molecule has 0 saturated carbocycles. The normalized spacial score (nSPS) is 27.1. The highest BCUT2D eigenvalue weighted by Gasteiger charge is 2.34. The molecular weight excluding hydrogens is 202 g/mol. The minimum absolute atomic E-state index is 0. The molecule has 2 unspecified atom stereocenters. The Labute approximate surface area is 91.7 Å². The van der Waals surface area contributed by atoms with Crippen LogP contribution in [0.3, 0.4) is 0 Å². The fourth-order valence-corrected chi connectivity index (χ4v) is 2.02. The van der Waals surface area contributed by atoms with Crippen LogP contribution < -0.4 is 5.32 Å². The summed E-state index contributed by atoms with van der Waals surface area (Å²) in [7, 11) is 0. The lowest BCUT2D eigenvalue weighted by Gasteiger charge is -2.24. The molecule has 1 saturated heterocycles. The molecule has 0 spiro atoms. The first-order chi connectivity index (χ1) is 5.90. The third-order valence-corrected chi connectivity index (χ3v) is 2.53. The fourth-order valence-electron chi connectivity index (χ4n) is 2.02. The van der Waals surface area contributed by atoms with Crippen molar-refractivity contribution in [2.24, 2.45) is 17.3 Å². The summed E-state index contributed by atoms with van der Waals surface area (Å²) in [6.45, 7) is 7.96. The van der Waals surface area contributed by atoms with E-state index in [0.29, 0.717) is 12.5 Å². The third kappa shape index (κ3) is 3.84. The average molecular weight is 222 g/mol. The number of rotatable bonds is 2. The highest BCUT2D eigenvalue weighted by molar-refractivity contribution is 5.85. The molecule has 2 atom stereocenters. The predicted octanol–water partition coefficient (Wildman–Crippen LogP) is 1.76. The predicted molar refractivity (Wildman–Crippen MR) is 58.8 cm³/mol. The standard InChI is InChI=1S/C10H19NO2.ClH/c1-10(2,3)4-7-5-11-6-8(7)9(12)13;/h7-8,11H,4-6H2,1-3H3,(H,12,13);1H. The van der Waals surface area contributed by atoms with Crippen molar-refractivity contribution in [1.82, 2.24) is 5.32 Å². The first-order valence-corrected chi connectivity index (χ1v) is 4.84. The van der Waals surface area contributed by atoms with Crippen LogP contribution in [0.5, 0.6) is 0 Å². The smallest absolute Gasteiger partial charge is 0.308 e.